The van der Waals surface area contributed by atoms with Crippen molar-refractivity contribution in [3.05, 3.63) is 35.5 Å². The molecule has 0 bridgehead atoms. The molecular weight excluding hydrogens is 355 g/mol. The second-order valence-electron chi connectivity index (χ2n) is 6.09. The Labute approximate surface area is 148 Å². The first-order chi connectivity index (χ1) is 11.8. The van der Waals surface area contributed by atoms with Crippen LogP contribution < -0.4 is 10.2 Å². The predicted octanol–water partition coefficient (Wildman–Crippen LogP) is 3.78. The van der Waals surface area contributed by atoms with Gasteiger partial charge in [0.15, 0.2) is 0 Å². The maximum atomic E-state index is 12.2. The summed E-state index contributed by atoms with van der Waals surface area (Å²) in [6.45, 7) is -0.189. The Bertz CT molecular complexity index is 773. The van der Waals surface area contributed by atoms with E-state index in [2.05, 4.69) is 4.98 Å². The molecule has 0 atom stereocenters. The average molecular weight is 372 g/mol. The van der Waals surface area contributed by atoms with Crippen LogP contribution in [0, 0.1) is 5.92 Å². The third kappa shape index (κ3) is 4.34. The first-order valence-corrected chi connectivity index (χ1v) is 8.36. The number of rotatable bonds is 3. The summed E-state index contributed by atoms with van der Waals surface area (Å²) in [5, 5.41) is 4.22. The molecule has 0 saturated carbocycles. The van der Waals surface area contributed by atoms with Crippen LogP contribution in [0.25, 0.3) is 10.8 Å². The smallest absolute Gasteiger partial charge is 0.357 e. The number of piperidine rings is 1. The van der Waals surface area contributed by atoms with Gasteiger partial charge in [0.05, 0.1) is 0 Å². The quantitative estimate of drug-likeness (QED) is 0.835. The molecule has 1 N–H and O–H groups in total. The van der Waals surface area contributed by atoms with Gasteiger partial charge in [0, 0.05) is 24.4 Å². The monoisotopic (exact) mass is 371 g/mol. The minimum Gasteiger partial charge on any atom is -0.357 e. The van der Waals surface area contributed by atoms with Gasteiger partial charge in [-0.25, -0.2) is 4.98 Å². The molecular formula is C17H17ClF3N3O. The number of carbonyl (C=O) groups is 1. The number of hydrogen-bond donors (Lipinski definition) is 1. The number of nitrogens with one attached hydrogen (secondary N) is 1. The minimum absolute atomic E-state index is 0.408. The van der Waals surface area contributed by atoms with Crippen molar-refractivity contribution >= 4 is 34.1 Å². The normalized spacial score (nSPS) is 16.2. The van der Waals surface area contributed by atoms with Crippen LogP contribution in [0.3, 0.4) is 0 Å². The zero-order chi connectivity index (χ0) is 18.0. The summed E-state index contributed by atoms with van der Waals surface area (Å²) in [6.07, 6.45) is -3.42. The molecule has 2 heterocycles. The number of aromatic nitrogens is 1. The third-order valence-electron chi connectivity index (χ3n) is 4.33. The van der Waals surface area contributed by atoms with Crippen LogP contribution in [-0.4, -0.2) is 36.7 Å². The molecule has 1 aromatic heterocycles. The number of carbonyl (C=O) groups excluding carboxylic acids is 1. The number of benzene rings is 1. The lowest BCUT2D eigenvalue weighted by Gasteiger charge is -2.32. The van der Waals surface area contributed by atoms with Crippen LogP contribution in [0.5, 0.6) is 0 Å². The predicted molar refractivity (Wildman–Crippen MR) is 90.8 cm³/mol. The topological polar surface area (TPSA) is 45.2 Å². The Kier molecular flexibility index (Phi) is 5.03. The van der Waals surface area contributed by atoms with E-state index in [4.69, 9.17) is 11.6 Å². The minimum atomic E-state index is -4.39. The van der Waals surface area contributed by atoms with E-state index in [0.717, 1.165) is 16.6 Å². The Hall–Kier alpha value is -2.02. The van der Waals surface area contributed by atoms with E-state index in [1.807, 2.05) is 40.5 Å². The van der Waals surface area contributed by atoms with Gasteiger partial charge in [0.25, 0.3) is 0 Å². The van der Waals surface area contributed by atoms with Crippen molar-refractivity contribution in [2.45, 2.75) is 19.0 Å². The molecule has 1 fully saturated rings. The molecule has 0 aliphatic carbocycles. The van der Waals surface area contributed by atoms with E-state index >= 15 is 0 Å². The Morgan fingerprint density at radius 3 is 2.64 bits per heavy atom. The third-order valence-corrected chi connectivity index (χ3v) is 4.62. The lowest BCUT2D eigenvalue weighted by molar-refractivity contribution is -0.141. The van der Waals surface area contributed by atoms with Gasteiger partial charge in [-0.1, -0.05) is 35.9 Å². The van der Waals surface area contributed by atoms with E-state index in [0.29, 0.717) is 31.1 Å². The summed E-state index contributed by atoms with van der Waals surface area (Å²) >= 11 is 6.24. The molecule has 1 aliphatic rings. The molecule has 3 rings (SSSR count). The molecule has 0 radical (unpaired) electrons. The summed E-state index contributed by atoms with van der Waals surface area (Å²) in [7, 11) is 0. The van der Waals surface area contributed by atoms with Crippen LogP contribution in [-0.2, 0) is 4.79 Å². The van der Waals surface area contributed by atoms with Crippen molar-refractivity contribution in [3.8, 4) is 0 Å². The highest BCUT2D eigenvalue weighted by Gasteiger charge is 2.31. The fourth-order valence-electron chi connectivity index (χ4n) is 3.01. The molecule has 8 heteroatoms. The SMILES string of the molecule is O=C(NCC(F)(F)F)C1CCN(c2cc3ccccc3c(Cl)n2)CC1. The fourth-order valence-corrected chi connectivity index (χ4v) is 3.27. The number of pyridine rings is 1. The van der Waals surface area contributed by atoms with Gasteiger partial charge >= 0.3 is 6.18 Å². The number of hydrogen-bond acceptors (Lipinski definition) is 3. The van der Waals surface area contributed by atoms with Crippen LogP contribution >= 0.6 is 11.6 Å². The van der Waals surface area contributed by atoms with Crippen molar-refractivity contribution in [3.63, 3.8) is 0 Å². The molecule has 2 aromatic rings. The number of amides is 1. The highest BCUT2D eigenvalue weighted by molar-refractivity contribution is 6.34. The first kappa shape index (κ1) is 17.8. The van der Waals surface area contributed by atoms with Crippen molar-refractivity contribution in [2.24, 2.45) is 5.92 Å². The Morgan fingerprint density at radius 1 is 1.28 bits per heavy atom. The highest BCUT2D eigenvalue weighted by Crippen LogP contribution is 2.29. The zero-order valence-electron chi connectivity index (χ0n) is 13.3. The molecule has 1 aliphatic heterocycles. The molecule has 25 heavy (non-hydrogen) atoms. The molecule has 1 saturated heterocycles. The van der Waals surface area contributed by atoms with Crippen molar-refractivity contribution in [1.82, 2.24) is 10.3 Å². The Morgan fingerprint density at radius 2 is 1.96 bits per heavy atom. The molecule has 1 amide bonds. The zero-order valence-corrected chi connectivity index (χ0v) is 14.1. The second kappa shape index (κ2) is 7.07. The highest BCUT2D eigenvalue weighted by atomic mass is 35.5. The summed E-state index contributed by atoms with van der Waals surface area (Å²) < 4.78 is 36.6. The van der Waals surface area contributed by atoms with Gasteiger partial charge in [-0.15, -0.1) is 0 Å². The second-order valence-corrected chi connectivity index (χ2v) is 6.44. The fraction of sp³-hybridized carbons (Fsp3) is 0.412. The summed E-state index contributed by atoms with van der Waals surface area (Å²) in [6, 6.07) is 9.58. The summed E-state index contributed by atoms with van der Waals surface area (Å²) in [5.74, 6) is -0.228. The molecule has 1 aromatic carbocycles. The lowest BCUT2D eigenvalue weighted by atomic mass is 9.96. The number of nitrogens with zero attached hydrogens (tertiary/aromatic N) is 2. The summed E-state index contributed by atoms with van der Waals surface area (Å²) in [4.78, 5) is 18.3. The van der Waals surface area contributed by atoms with Crippen LogP contribution in [0.15, 0.2) is 30.3 Å². The van der Waals surface area contributed by atoms with Crippen LogP contribution in [0.4, 0.5) is 19.0 Å². The first-order valence-electron chi connectivity index (χ1n) is 7.98. The van der Waals surface area contributed by atoms with Gasteiger partial charge < -0.3 is 10.2 Å². The van der Waals surface area contributed by atoms with Gasteiger partial charge in [-0.05, 0) is 24.3 Å². The lowest BCUT2D eigenvalue weighted by Crippen LogP contribution is -2.43. The van der Waals surface area contributed by atoms with Gasteiger partial charge in [0.1, 0.15) is 17.5 Å². The molecule has 0 spiro atoms. The van der Waals surface area contributed by atoms with Crippen molar-refractivity contribution < 1.29 is 18.0 Å². The van der Waals surface area contributed by atoms with Gasteiger partial charge in [-0.2, -0.15) is 13.2 Å². The number of halogens is 4. The summed E-state index contributed by atoms with van der Waals surface area (Å²) in [5.41, 5.74) is 0. The van der Waals surface area contributed by atoms with Crippen molar-refractivity contribution in [2.75, 3.05) is 24.5 Å². The standard InChI is InChI=1S/C17H17ClF3N3O/c18-15-13-4-2-1-3-12(13)9-14(23-15)24-7-5-11(6-8-24)16(25)22-10-17(19,20)21/h1-4,9,11H,5-8,10H2,(H,22,25). The maximum absolute atomic E-state index is 12.2. The van der Waals surface area contributed by atoms with Gasteiger partial charge in [-0.3, -0.25) is 4.79 Å². The van der Waals surface area contributed by atoms with E-state index in [1.165, 1.54) is 0 Å². The van der Waals surface area contributed by atoms with E-state index < -0.39 is 24.5 Å². The van der Waals surface area contributed by atoms with Crippen LogP contribution in [0.1, 0.15) is 12.8 Å². The molecule has 0 unspecified atom stereocenters. The maximum Gasteiger partial charge on any atom is 0.405 e. The number of anilines is 1. The van der Waals surface area contributed by atoms with Crippen molar-refractivity contribution in [1.29, 1.82) is 0 Å². The number of alkyl halides is 3. The van der Waals surface area contributed by atoms with Gasteiger partial charge in [0.2, 0.25) is 5.91 Å². The average Bonchev–Trinajstić information content (AvgIpc) is 2.59. The largest absolute Gasteiger partial charge is 0.405 e. The van der Waals surface area contributed by atoms with Crippen LogP contribution in [0.2, 0.25) is 5.15 Å². The Balaban J connectivity index is 1.63. The van der Waals surface area contributed by atoms with E-state index in [-0.39, 0.29) is 0 Å². The molecule has 134 valence electrons. The number of fused-ring (bicyclic) bond motifs is 1. The van der Waals surface area contributed by atoms with E-state index in [9.17, 15) is 18.0 Å². The molecule has 4 nitrogen and oxygen atoms in total. The van der Waals surface area contributed by atoms with E-state index in [1.54, 1.807) is 0 Å².